The summed E-state index contributed by atoms with van der Waals surface area (Å²) in [5.74, 6) is 1.51. The molecule has 0 bridgehead atoms. The number of nitrogens with zero attached hydrogens (tertiary/aromatic N) is 2. The maximum absolute atomic E-state index is 12.5. The third kappa shape index (κ3) is 4.03. The summed E-state index contributed by atoms with van der Waals surface area (Å²) in [5.41, 5.74) is 0.673. The van der Waals surface area contributed by atoms with E-state index in [-0.39, 0.29) is 18.0 Å². The number of hydrogen-bond donors (Lipinski definition) is 1. The van der Waals surface area contributed by atoms with Crippen molar-refractivity contribution in [3.8, 4) is 11.5 Å². The number of ether oxygens (including phenoxy) is 2. The summed E-state index contributed by atoms with van der Waals surface area (Å²) in [6, 6.07) is 5.52. The molecule has 7 heteroatoms. The van der Waals surface area contributed by atoms with E-state index in [1.54, 1.807) is 30.2 Å². The molecule has 3 amide bonds. The molecule has 2 fully saturated rings. The van der Waals surface area contributed by atoms with Gasteiger partial charge in [-0.25, -0.2) is 4.79 Å². The number of rotatable bonds is 5. The van der Waals surface area contributed by atoms with Crippen LogP contribution >= 0.6 is 0 Å². The lowest BCUT2D eigenvalue weighted by molar-refractivity contribution is -0.130. The molecule has 3 rings (SSSR count). The number of carbonyl (C=O) groups excluding carboxylic acids is 2. The van der Waals surface area contributed by atoms with E-state index in [0.29, 0.717) is 43.3 Å². The predicted octanol–water partition coefficient (Wildman–Crippen LogP) is 2.71. The van der Waals surface area contributed by atoms with Crippen molar-refractivity contribution in [2.45, 2.75) is 38.6 Å². The van der Waals surface area contributed by atoms with Crippen molar-refractivity contribution in [1.29, 1.82) is 0 Å². The Bertz CT molecular complexity index is 656. The van der Waals surface area contributed by atoms with Crippen molar-refractivity contribution < 1.29 is 19.1 Å². The molecule has 2 aliphatic rings. The van der Waals surface area contributed by atoms with Crippen LogP contribution in [-0.2, 0) is 4.79 Å². The van der Waals surface area contributed by atoms with Gasteiger partial charge in [0.05, 0.1) is 13.7 Å². The van der Waals surface area contributed by atoms with E-state index >= 15 is 0 Å². The number of benzene rings is 1. The summed E-state index contributed by atoms with van der Waals surface area (Å²) in [5, 5.41) is 2.92. The first kappa shape index (κ1) is 18.4. The number of urea groups is 1. The van der Waals surface area contributed by atoms with Gasteiger partial charge >= 0.3 is 6.03 Å². The summed E-state index contributed by atoms with van der Waals surface area (Å²) >= 11 is 0. The molecule has 1 aromatic carbocycles. The number of methoxy groups -OCH3 is 1. The molecule has 0 atom stereocenters. The molecule has 26 heavy (non-hydrogen) atoms. The summed E-state index contributed by atoms with van der Waals surface area (Å²) in [6.07, 6.45) is 3.30. The first-order valence-corrected chi connectivity index (χ1v) is 9.28. The predicted molar refractivity (Wildman–Crippen MR) is 98.7 cm³/mol. The maximum atomic E-state index is 12.5. The van der Waals surface area contributed by atoms with Crippen molar-refractivity contribution in [1.82, 2.24) is 9.80 Å². The molecule has 1 aromatic rings. The summed E-state index contributed by atoms with van der Waals surface area (Å²) < 4.78 is 10.8. The standard InChI is InChI=1S/C19H27N3O4/c1-3-26-16-7-6-14(13-17(16)25-2)20-19(24)21-11-8-15(9-12-21)22-10-4-5-18(22)23/h6-7,13,15H,3-5,8-12H2,1-2H3,(H,20,24). The third-order valence-corrected chi connectivity index (χ3v) is 5.02. The van der Waals surface area contributed by atoms with Gasteiger partial charge in [-0.1, -0.05) is 0 Å². The van der Waals surface area contributed by atoms with Crippen LogP contribution in [0.25, 0.3) is 0 Å². The molecule has 0 radical (unpaired) electrons. The summed E-state index contributed by atoms with van der Waals surface area (Å²) in [7, 11) is 1.58. The maximum Gasteiger partial charge on any atom is 0.321 e. The van der Waals surface area contributed by atoms with E-state index < -0.39 is 0 Å². The highest BCUT2D eigenvalue weighted by atomic mass is 16.5. The number of anilines is 1. The topological polar surface area (TPSA) is 71.1 Å². The van der Waals surface area contributed by atoms with Gasteiger partial charge in [-0.2, -0.15) is 0 Å². The molecule has 0 unspecified atom stereocenters. The van der Waals surface area contributed by atoms with Crippen LogP contribution in [0.5, 0.6) is 11.5 Å². The van der Waals surface area contributed by atoms with E-state index in [9.17, 15) is 9.59 Å². The van der Waals surface area contributed by atoms with Gasteiger partial charge in [-0.3, -0.25) is 4.79 Å². The minimum absolute atomic E-state index is 0.123. The lowest BCUT2D eigenvalue weighted by Gasteiger charge is -2.36. The van der Waals surface area contributed by atoms with Crippen molar-refractivity contribution in [2.75, 3.05) is 38.7 Å². The SMILES string of the molecule is CCOc1ccc(NC(=O)N2CCC(N3CCCC3=O)CC2)cc1OC. The summed E-state index contributed by atoms with van der Waals surface area (Å²) in [4.78, 5) is 28.2. The van der Waals surface area contributed by atoms with E-state index in [0.717, 1.165) is 25.8 Å². The van der Waals surface area contributed by atoms with Gasteiger partial charge in [0.2, 0.25) is 5.91 Å². The number of likely N-dealkylation sites (tertiary alicyclic amines) is 2. The number of carbonyl (C=O) groups is 2. The normalized spacial score (nSPS) is 18.2. The molecule has 0 spiro atoms. The van der Waals surface area contributed by atoms with Crippen molar-refractivity contribution in [2.24, 2.45) is 0 Å². The first-order valence-electron chi connectivity index (χ1n) is 9.28. The second kappa shape index (κ2) is 8.29. The minimum atomic E-state index is -0.123. The minimum Gasteiger partial charge on any atom is -0.493 e. The number of amides is 3. The fraction of sp³-hybridized carbons (Fsp3) is 0.579. The Balaban J connectivity index is 1.55. The second-order valence-electron chi connectivity index (χ2n) is 6.64. The molecular formula is C19H27N3O4. The highest BCUT2D eigenvalue weighted by molar-refractivity contribution is 5.89. The van der Waals surface area contributed by atoms with Gasteiger partial charge in [0.1, 0.15) is 0 Å². The molecule has 7 nitrogen and oxygen atoms in total. The van der Waals surface area contributed by atoms with Crippen LogP contribution in [0.2, 0.25) is 0 Å². The monoisotopic (exact) mass is 361 g/mol. The Morgan fingerprint density at radius 1 is 1.23 bits per heavy atom. The van der Waals surface area contributed by atoms with Gasteiger partial charge in [-0.05, 0) is 38.3 Å². The molecule has 1 N–H and O–H groups in total. The zero-order valence-electron chi connectivity index (χ0n) is 15.5. The van der Waals surface area contributed by atoms with Gasteiger partial charge in [0, 0.05) is 43.9 Å². The van der Waals surface area contributed by atoms with Crippen LogP contribution in [0, 0.1) is 0 Å². The lowest BCUT2D eigenvalue weighted by Crippen LogP contribution is -2.48. The van der Waals surface area contributed by atoms with Gasteiger partial charge in [0.25, 0.3) is 0 Å². The Morgan fingerprint density at radius 2 is 2.00 bits per heavy atom. The zero-order chi connectivity index (χ0) is 18.5. The molecule has 2 heterocycles. The number of hydrogen-bond acceptors (Lipinski definition) is 4. The fourth-order valence-corrected chi connectivity index (χ4v) is 3.66. The average molecular weight is 361 g/mol. The third-order valence-electron chi connectivity index (χ3n) is 5.02. The Morgan fingerprint density at radius 3 is 2.62 bits per heavy atom. The van der Waals surface area contributed by atoms with Crippen molar-refractivity contribution in [3.05, 3.63) is 18.2 Å². The van der Waals surface area contributed by atoms with Crippen LogP contribution in [0.1, 0.15) is 32.6 Å². The van der Waals surface area contributed by atoms with Crippen molar-refractivity contribution in [3.63, 3.8) is 0 Å². The van der Waals surface area contributed by atoms with Crippen LogP contribution in [-0.4, -0.2) is 61.1 Å². The van der Waals surface area contributed by atoms with Crippen molar-refractivity contribution >= 4 is 17.6 Å². The number of nitrogens with one attached hydrogen (secondary N) is 1. The Kier molecular flexibility index (Phi) is 5.85. The van der Waals surface area contributed by atoms with Gasteiger partial charge in [0.15, 0.2) is 11.5 Å². The Labute approximate surface area is 154 Å². The average Bonchev–Trinajstić information content (AvgIpc) is 3.09. The van der Waals surface area contributed by atoms with Crippen LogP contribution in [0.3, 0.4) is 0 Å². The lowest BCUT2D eigenvalue weighted by atomic mass is 10.0. The molecule has 0 saturated carbocycles. The van der Waals surface area contributed by atoms with E-state index in [2.05, 4.69) is 5.32 Å². The second-order valence-corrected chi connectivity index (χ2v) is 6.64. The largest absolute Gasteiger partial charge is 0.493 e. The van der Waals surface area contributed by atoms with E-state index in [1.165, 1.54) is 0 Å². The highest BCUT2D eigenvalue weighted by Gasteiger charge is 2.31. The fourth-order valence-electron chi connectivity index (χ4n) is 3.66. The van der Waals surface area contributed by atoms with Crippen LogP contribution in [0.4, 0.5) is 10.5 Å². The molecule has 0 aromatic heterocycles. The molecule has 142 valence electrons. The molecular weight excluding hydrogens is 334 g/mol. The molecule has 2 aliphatic heterocycles. The smallest absolute Gasteiger partial charge is 0.321 e. The highest BCUT2D eigenvalue weighted by Crippen LogP contribution is 2.30. The summed E-state index contributed by atoms with van der Waals surface area (Å²) in [6.45, 7) is 4.65. The zero-order valence-corrected chi connectivity index (χ0v) is 15.5. The molecule has 2 saturated heterocycles. The Hall–Kier alpha value is -2.44. The van der Waals surface area contributed by atoms with E-state index in [4.69, 9.17) is 9.47 Å². The van der Waals surface area contributed by atoms with Crippen LogP contribution in [0.15, 0.2) is 18.2 Å². The van der Waals surface area contributed by atoms with Gasteiger partial charge in [-0.15, -0.1) is 0 Å². The van der Waals surface area contributed by atoms with E-state index in [1.807, 2.05) is 11.8 Å². The number of piperidine rings is 1. The van der Waals surface area contributed by atoms with Gasteiger partial charge < -0.3 is 24.6 Å². The van der Waals surface area contributed by atoms with Crippen LogP contribution < -0.4 is 14.8 Å². The quantitative estimate of drug-likeness (QED) is 0.875. The first-order chi connectivity index (χ1) is 12.6. The molecule has 0 aliphatic carbocycles.